The van der Waals surface area contributed by atoms with Crippen molar-refractivity contribution in [2.24, 2.45) is 16.2 Å². The normalized spacial score (nSPS) is 14.2. The number of nitrogens with one attached hydrogen (secondary N) is 2. The average Bonchev–Trinajstić information content (AvgIpc) is 2.20. The monoisotopic (exact) mass is 298 g/mol. The molecular formula is C18H38N2O. The Labute approximate surface area is 132 Å². The smallest absolute Gasteiger partial charge is 0.225 e. The van der Waals surface area contributed by atoms with Gasteiger partial charge in [-0.25, -0.2) is 0 Å². The predicted octanol–water partition coefficient (Wildman–Crippen LogP) is 3.98. The van der Waals surface area contributed by atoms with Gasteiger partial charge in [0, 0.05) is 24.0 Å². The van der Waals surface area contributed by atoms with Gasteiger partial charge < -0.3 is 10.6 Å². The number of carbonyl (C=O) groups excluding carboxylic acids is 1. The first-order valence-electron chi connectivity index (χ1n) is 8.08. The van der Waals surface area contributed by atoms with E-state index < -0.39 is 0 Å². The van der Waals surface area contributed by atoms with E-state index in [0.717, 1.165) is 19.5 Å². The fourth-order valence-electron chi connectivity index (χ4n) is 2.51. The van der Waals surface area contributed by atoms with Crippen LogP contribution in [0.25, 0.3) is 0 Å². The number of amides is 1. The van der Waals surface area contributed by atoms with Gasteiger partial charge in [-0.05, 0) is 38.0 Å². The standard InChI is InChI=1S/C18H38N2O/c1-15(2,3)14(21)19-12-17(7,8)11-18(9,10)13-20-16(4,5)6/h20H,11-13H2,1-10H3,(H,19,21). The van der Waals surface area contributed by atoms with E-state index in [1.807, 2.05) is 20.8 Å². The second-order valence-corrected chi connectivity index (χ2v) is 10.0. The highest BCUT2D eigenvalue weighted by Gasteiger charge is 2.31. The van der Waals surface area contributed by atoms with Crippen molar-refractivity contribution in [2.45, 2.75) is 81.2 Å². The van der Waals surface area contributed by atoms with E-state index >= 15 is 0 Å². The second-order valence-electron chi connectivity index (χ2n) is 10.0. The summed E-state index contributed by atoms with van der Waals surface area (Å²) in [7, 11) is 0. The predicted molar refractivity (Wildman–Crippen MR) is 92.4 cm³/mol. The van der Waals surface area contributed by atoms with Crippen LogP contribution in [0.5, 0.6) is 0 Å². The molecule has 0 aromatic rings. The Kier molecular flexibility index (Phi) is 6.50. The van der Waals surface area contributed by atoms with Crippen LogP contribution in [0, 0.1) is 16.2 Å². The fraction of sp³-hybridized carbons (Fsp3) is 0.944. The molecule has 0 aliphatic heterocycles. The minimum atomic E-state index is -0.320. The third-order valence-corrected chi connectivity index (χ3v) is 3.46. The molecule has 0 aromatic carbocycles. The van der Waals surface area contributed by atoms with Gasteiger partial charge in [-0.1, -0.05) is 48.5 Å². The molecule has 0 heterocycles. The lowest BCUT2D eigenvalue weighted by atomic mass is 9.74. The minimum Gasteiger partial charge on any atom is -0.355 e. The summed E-state index contributed by atoms with van der Waals surface area (Å²) in [4.78, 5) is 12.0. The number of carbonyl (C=O) groups is 1. The molecule has 0 rings (SSSR count). The van der Waals surface area contributed by atoms with Crippen molar-refractivity contribution in [1.82, 2.24) is 10.6 Å². The molecular weight excluding hydrogens is 260 g/mol. The van der Waals surface area contributed by atoms with Gasteiger partial charge in [0.1, 0.15) is 0 Å². The first-order valence-corrected chi connectivity index (χ1v) is 8.08. The van der Waals surface area contributed by atoms with Gasteiger partial charge in [-0.2, -0.15) is 0 Å². The molecule has 0 saturated carbocycles. The maximum absolute atomic E-state index is 12.0. The van der Waals surface area contributed by atoms with Crippen molar-refractivity contribution >= 4 is 5.91 Å². The molecule has 0 saturated heterocycles. The Hall–Kier alpha value is -0.570. The third kappa shape index (κ3) is 9.89. The highest BCUT2D eigenvalue weighted by atomic mass is 16.2. The Morgan fingerprint density at radius 1 is 0.762 bits per heavy atom. The fourth-order valence-corrected chi connectivity index (χ4v) is 2.51. The van der Waals surface area contributed by atoms with Crippen molar-refractivity contribution in [3.8, 4) is 0 Å². The zero-order valence-corrected chi connectivity index (χ0v) is 16.0. The van der Waals surface area contributed by atoms with Crippen LogP contribution < -0.4 is 10.6 Å². The first-order chi connectivity index (χ1) is 9.04. The lowest BCUT2D eigenvalue weighted by Crippen LogP contribution is -2.45. The molecule has 0 aliphatic rings. The van der Waals surface area contributed by atoms with Gasteiger partial charge in [0.25, 0.3) is 0 Å². The highest BCUT2D eigenvalue weighted by Crippen LogP contribution is 2.33. The van der Waals surface area contributed by atoms with Crippen molar-refractivity contribution in [3.63, 3.8) is 0 Å². The average molecular weight is 299 g/mol. The van der Waals surface area contributed by atoms with E-state index in [0.29, 0.717) is 0 Å². The van der Waals surface area contributed by atoms with Crippen molar-refractivity contribution in [3.05, 3.63) is 0 Å². The van der Waals surface area contributed by atoms with Gasteiger partial charge in [0.15, 0.2) is 0 Å². The van der Waals surface area contributed by atoms with Gasteiger partial charge in [-0.15, -0.1) is 0 Å². The maximum atomic E-state index is 12.0. The summed E-state index contributed by atoms with van der Waals surface area (Å²) in [5.74, 6) is 0.126. The molecule has 0 unspecified atom stereocenters. The Morgan fingerprint density at radius 2 is 1.19 bits per heavy atom. The van der Waals surface area contributed by atoms with Crippen LogP contribution >= 0.6 is 0 Å². The maximum Gasteiger partial charge on any atom is 0.225 e. The van der Waals surface area contributed by atoms with Gasteiger partial charge in [-0.3, -0.25) is 4.79 Å². The summed E-state index contributed by atoms with van der Waals surface area (Å²) in [5, 5.41) is 6.68. The Balaban J connectivity index is 4.48. The molecule has 0 aliphatic carbocycles. The molecule has 0 fully saturated rings. The lowest BCUT2D eigenvalue weighted by molar-refractivity contribution is -0.129. The molecule has 21 heavy (non-hydrogen) atoms. The number of hydrogen-bond donors (Lipinski definition) is 2. The van der Waals surface area contributed by atoms with E-state index in [1.165, 1.54) is 0 Å². The molecule has 3 nitrogen and oxygen atoms in total. The van der Waals surface area contributed by atoms with Crippen LogP contribution in [0.3, 0.4) is 0 Å². The second kappa shape index (κ2) is 6.68. The lowest BCUT2D eigenvalue weighted by Gasteiger charge is -2.37. The quantitative estimate of drug-likeness (QED) is 0.779. The minimum absolute atomic E-state index is 0.0873. The van der Waals surface area contributed by atoms with Crippen LogP contribution in [0.15, 0.2) is 0 Å². The van der Waals surface area contributed by atoms with Crippen LogP contribution in [0.1, 0.15) is 75.7 Å². The van der Waals surface area contributed by atoms with E-state index in [4.69, 9.17) is 0 Å². The zero-order chi connectivity index (χ0) is 17.1. The zero-order valence-electron chi connectivity index (χ0n) is 16.0. The largest absolute Gasteiger partial charge is 0.355 e. The Morgan fingerprint density at radius 3 is 1.57 bits per heavy atom. The van der Waals surface area contributed by atoms with E-state index in [1.54, 1.807) is 0 Å². The molecule has 2 N–H and O–H groups in total. The molecule has 3 heteroatoms. The molecule has 0 spiro atoms. The Bertz CT molecular complexity index is 343. The van der Waals surface area contributed by atoms with Crippen molar-refractivity contribution < 1.29 is 4.79 Å². The van der Waals surface area contributed by atoms with Gasteiger partial charge in [0.05, 0.1) is 0 Å². The van der Waals surface area contributed by atoms with E-state index in [9.17, 15) is 4.79 Å². The summed E-state index contributed by atoms with van der Waals surface area (Å²) in [5.41, 5.74) is 0.106. The third-order valence-electron chi connectivity index (χ3n) is 3.46. The first kappa shape index (κ1) is 20.4. The number of hydrogen-bond acceptors (Lipinski definition) is 2. The van der Waals surface area contributed by atoms with Gasteiger partial charge >= 0.3 is 0 Å². The molecule has 126 valence electrons. The van der Waals surface area contributed by atoms with Crippen LogP contribution in [0.2, 0.25) is 0 Å². The highest BCUT2D eigenvalue weighted by molar-refractivity contribution is 5.81. The van der Waals surface area contributed by atoms with Crippen LogP contribution in [-0.2, 0) is 4.79 Å². The molecule has 0 bridgehead atoms. The molecule has 0 radical (unpaired) electrons. The summed E-state index contributed by atoms with van der Waals surface area (Å²) in [6.07, 6.45) is 1.06. The van der Waals surface area contributed by atoms with Crippen molar-refractivity contribution in [1.29, 1.82) is 0 Å². The SMILES string of the molecule is CC(C)(CNC(=O)C(C)(C)C)CC(C)(C)CNC(C)(C)C. The summed E-state index contributed by atoms with van der Waals surface area (Å²) < 4.78 is 0. The summed E-state index contributed by atoms with van der Waals surface area (Å²) in [6, 6.07) is 0. The van der Waals surface area contributed by atoms with Gasteiger partial charge in [0.2, 0.25) is 5.91 Å². The number of rotatable bonds is 6. The van der Waals surface area contributed by atoms with E-state index in [2.05, 4.69) is 59.1 Å². The summed E-state index contributed by atoms with van der Waals surface area (Å²) >= 11 is 0. The summed E-state index contributed by atoms with van der Waals surface area (Å²) in [6.45, 7) is 23.2. The van der Waals surface area contributed by atoms with Crippen LogP contribution in [0.4, 0.5) is 0 Å². The molecule has 0 atom stereocenters. The van der Waals surface area contributed by atoms with E-state index in [-0.39, 0.29) is 27.7 Å². The van der Waals surface area contributed by atoms with Crippen LogP contribution in [-0.4, -0.2) is 24.5 Å². The topological polar surface area (TPSA) is 41.1 Å². The van der Waals surface area contributed by atoms with Crippen molar-refractivity contribution in [2.75, 3.05) is 13.1 Å². The molecule has 1 amide bonds. The molecule has 0 aromatic heterocycles.